The van der Waals surface area contributed by atoms with Crippen LogP contribution >= 0.6 is 15.9 Å². The van der Waals surface area contributed by atoms with Crippen molar-refractivity contribution in [3.05, 3.63) is 58.6 Å². The van der Waals surface area contributed by atoms with Gasteiger partial charge in [-0.25, -0.2) is 9.37 Å². The van der Waals surface area contributed by atoms with Gasteiger partial charge in [-0.3, -0.25) is 4.79 Å². The third kappa shape index (κ3) is 3.64. The molecule has 0 saturated carbocycles. The molecule has 0 unspecified atom stereocenters. The van der Waals surface area contributed by atoms with Crippen LogP contribution in [0.5, 0.6) is 0 Å². The number of carbonyl (C=O) groups is 1. The molecule has 0 atom stereocenters. The third-order valence-corrected chi connectivity index (χ3v) is 3.25. The molecule has 0 fully saturated rings. The summed E-state index contributed by atoms with van der Waals surface area (Å²) < 4.78 is 14.6. The summed E-state index contributed by atoms with van der Waals surface area (Å²) in [5.74, 6) is -0.955. The lowest BCUT2D eigenvalue weighted by Crippen LogP contribution is -2.33. The van der Waals surface area contributed by atoms with Crippen LogP contribution in [0.1, 0.15) is 16.9 Å². The molecule has 1 aromatic carbocycles. The second-order valence-corrected chi connectivity index (χ2v) is 5.09. The van der Waals surface area contributed by atoms with E-state index >= 15 is 0 Å². The van der Waals surface area contributed by atoms with E-state index in [2.05, 4.69) is 20.9 Å². The van der Waals surface area contributed by atoms with Crippen molar-refractivity contribution in [3.63, 3.8) is 0 Å². The highest BCUT2D eigenvalue weighted by molar-refractivity contribution is 9.10. The summed E-state index contributed by atoms with van der Waals surface area (Å²) in [6, 6.07) is 11.2. The second kappa shape index (κ2) is 6.95. The van der Waals surface area contributed by atoms with E-state index < -0.39 is 11.7 Å². The Labute approximate surface area is 130 Å². The number of carbonyl (C=O) groups excluding carboxylic acids is 1. The highest BCUT2D eigenvalue weighted by atomic mass is 79.9. The number of aromatic nitrogens is 1. The Balaban J connectivity index is 2.36. The lowest BCUT2D eigenvalue weighted by Gasteiger charge is -2.21. The molecule has 0 aliphatic heterocycles. The molecule has 0 spiro atoms. The number of rotatable bonds is 4. The maximum atomic E-state index is 13.9. The van der Waals surface area contributed by atoms with Crippen molar-refractivity contribution < 1.29 is 9.18 Å². The van der Waals surface area contributed by atoms with Gasteiger partial charge in [-0.2, -0.15) is 5.26 Å². The van der Waals surface area contributed by atoms with Gasteiger partial charge < -0.3 is 4.90 Å². The minimum absolute atomic E-state index is 0.105. The normalized spacial score (nSPS) is 9.95. The zero-order valence-corrected chi connectivity index (χ0v) is 12.5. The van der Waals surface area contributed by atoms with E-state index in [0.717, 1.165) is 4.47 Å². The van der Waals surface area contributed by atoms with E-state index in [4.69, 9.17) is 5.26 Å². The van der Waals surface area contributed by atoms with Crippen molar-refractivity contribution in [3.8, 4) is 6.07 Å². The highest BCUT2D eigenvalue weighted by Crippen LogP contribution is 2.21. The van der Waals surface area contributed by atoms with Crippen molar-refractivity contribution in [2.75, 3.05) is 11.4 Å². The molecule has 0 bridgehead atoms. The maximum absolute atomic E-state index is 13.9. The first-order valence-corrected chi connectivity index (χ1v) is 6.97. The van der Waals surface area contributed by atoms with Crippen LogP contribution in [0.25, 0.3) is 0 Å². The number of nitrogens with zero attached hydrogens (tertiary/aromatic N) is 3. The predicted octanol–water partition coefficient (Wildman–Crippen LogP) is 3.54. The van der Waals surface area contributed by atoms with Crippen molar-refractivity contribution in [2.24, 2.45) is 0 Å². The Bertz CT molecular complexity index is 682. The number of benzene rings is 1. The first-order valence-electron chi connectivity index (χ1n) is 6.18. The van der Waals surface area contributed by atoms with E-state index in [9.17, 15) is 9.18 Å². The van der Waals surface area contributed by atoms with Gasteiger partial charge in [0.15, 0.2) is 0 Å². The van der Waals surface area contributed by atoms with E-state index in [1.807, 2.05) is 6.07 Å². The van der Waals surface area contributed by atoms with Crippen LogP contribution in [0.3, 0.4) is 0 Å². The summed E-state index contributed by atoms with van der Waals surface area (Å²) in [7, 11) is 0. The average molecular weight is 348 g/mol. The molecule has 0 saturated heterocycles. The topological polar surface area (TPSA) is 57.0 Å². The van der Waals surface area contributed by atoms with Gasteiger partial charge in [0.2, 0.25) is 0 Å². The number of halogens is 2. The molecular formula is C15H11BrFN3O. The predicted molar refractivity (Wildman–Crippen MR) is 80.2 cm³/mol. The monoisotopic (exact) mass is 347 g/mol. The van der Waals surface area contributed by atoms with Gasteiger partial charge in [-0.15, -0.1) is 0 Å². The molecule has 4 nitrogen and oxygen atoms in total. The van der Waals surface area contributed by atoms with E-state index in [1.165, 1.54) is 23.2 Å². The minimum Gasteiger partial charge on any atom is -0.303 e. The van der Waals surface area contributed by atoms with Gasteiger partial charge in [0.1, 0.15) is 11.5 Å². The summed E-state index contributed by atoms with van der Waals surface area (Å²) in [5.41, 5.74) is 0.335. The van der Waals surface area contributed by atoms with Gasteiger partial charge >= 0.3 is 0 Å². The van der Waals surface area contributed by atoms with E-state index in [1.54, 1.807) is 24.3 Å². The van der Waals surface area contributed by atoms with E-state index in [0.29, 0.717) is 0 Å². The SMILES string of the molecule is N#CCCN(C(=O)c1ccc(Br)cn1)c1ccccc1F. The number of para-hydroxylation sites is 1. The molecule has 1 heterocycles. The Kier molecular flexibility index (Phi) is 5.01. The van der Waals surface area contributed by atoms with Crippen LogP contribution in [-0.2, 0) is 0 Å². The fraction of sp³-hybridized carbons (Fsp3) is 0.133. The van der Waals surface area contributed by atoms with Crippen LogP contribution in [0.2, 0.25) is 0 Å². The lowest BCUT2D eigenvalue weighted by molar-refractivity contribution is 0.0982. The van der Waals surface area contributed by atoms with Crippen LogP contribution < -0.4 is 4.90 Å². The molecule has 0 aliphatic carbocycles. The Hall–Kier alpha value is -2.26. The molecule has 6 heteroatoms. The number of amides is 1. The average Bonchev–Trinajstić information content (AvgIpc) is 2.50. The highest BCUT2D eigenvalue weighted by Gasteiger charge is 2.21. The summed E-state index contributed by atoms with van der Waals surface area (Å²) in [5, 5.41) is 8.72. The van der Waals surface area contributed by atoms with Crippen LogP contribution in [-0.4, -0.2) is 17.4 Å². The fourth-order valence-electron chi connectivity index (χ4n) is 1.80. The molecule has 2 aromatic rings. The molecule has 0 radical (unpaired) electrons. The largest absolute Gasteiger partial charge is 0.303 e. The van der Waals surface area contributed by atoms with Crippen LogP contribution in [0.4, 0.5) is 10.1 Å². The molecule has 0 aliphatic rings. The Morgan fingerprint density at radius 3 is 2.71 bits per heavy atom. The number of anilines is 1. The number of hydrogen-bond donors (Lipinski definition) is 0. The first kappa shape index (κ1) is 15.1. The van der Waals surface area contributed by atoms with Gasteiger partial charge in [-0.05, 0) is 40.2 Å². The van der Waals surface area contributed by atoms with Gasteiger partial charge in [0, 0.05) is 17.2 Å². The third-order valence-electron chi connectivity index (χ3n) is 2.78. The zero-order valence-electron chi connectivity index (χ0n) is 11.0. The lowest BCUT2D eigenvalue weighted by atomic mass is 10.2. The van der Waals surface area contributed by atoms with Crippen LogP contribution in [0, 0.1) is 17.1 Å². The molecule has 0 N–H and O–H groups in total. The summed E-state index contributed by atoms with van der Waals surface area (Å²) in [6.45, 7) is 0.105. The molecule has 21 heavy (non-hydrogen) atoms. The first-order chi connectivity index (χ1) is 10.1. The maximum Gasteiger partial charge on any atom is 0.276 e. The Morgan fingerprint density at radius 1 is 1.33 bits per heavy atom. The van der Waals surface area contributed by atoms with Crippen molar-refractivity contribution in [1.82, 2.24) is 4.98 Å². The summed E-state index contributed by atoms with van der Waals surface area (Å²) >= 11 is 3.24. The van der Waals surface area contributed by atoms with E-state index in [-0.39, 0.29) is 24.3 Å². The van der Waals surface area contributed by atoms with Gasteiger partial charge in [0.25, 0.3) is 5.91 Å². The minimum atomic E-state index is -0.513. The van der Waals surface area contributed by atoms with Crippen molar-refractivity contribution in [2.45, 2.75) is 6.42 Å². The zero-order chi connectivity index (χ0) is 15.2. The molecular weight excluding hydrogens is 337 g/mol. The molecule has 2 rings (SSSR count). The smallest absolute Gasteiger partial charge is 0.276 e. The summed E-state index contributed by atoms with van der Waals surface area (Å²) in [6.07, 6.45) is 1.60. The van der Waals surface area contributed by atoms with Gasteiger partial charge in [0.05, 0.1) is 18.2 Å². The number of nitriles is 1. The molecule has 1 aromatic heterocycles. The fourth-order valence-corrected chi connectivity index (χ4v) is 2.04. The number of hydrogen-bond acceptors (Lipinski definition) is 3. The Morgan fingerprint density at radius 2 is 2.10 bits per heavy atom. The van der Waals surface area contributed by atoms with Crippen molar-refractivity contribution in [1.29, 1.82) is 5.26 Å². The van der Waals surface area contributed by atoms with Crippen LogP contribution in [0.15, 0.2) is 47.1 Å². The molecule has 1 amide bonds. The molecule has 106 valence electrons. The second-order valence-electron chi connectivity index (χ2n) is 4.18. The number of pyridine rings is 1. The standard InChI is InChI=1S/C15H11BrFN3O/c16-11-6-7-13(19-10-11)15(21)20(9-3-8-18)14-5-2-1-4-12(14)17/h1-2,4-7,10H,3,9H2. The van der Waals surface area contributed by atoms with Gasteiger partial charge in [-0.1, -0.05) is 12.1 Å². The quantitative estimate of drug-likeness (QED) is 0.849. The summed E-state index contributed by atoms with van der Waals surface area (Å²) in [4.78, 5) is 17.7. The van der Waals surface area contributed by atoms with Crippen molar-refractivity contribution >= 4 is 27.5 Å².